The molecule has 1 N–H and O–H groups in total. The molecule has 0 saturated heterocycles. The second-order valence-corrected chi connectivity index (χ2v) is 5.28. The number of rotatable bonds is 4. The van der Waals surface area contributed by atoms with Crippen molar-refractivity contribution in [3.63, 3.8) is 0 Å². The summed E-state index contributed by atoms with van der Waals surface area (Å²) in [6.07, 6.45) is 1.33. The van der Waals surface area contributed by atoms with Gasteiger partial charge in [-0.1, -0.05) is 51.1 Å². The van der Waals surface area contributed by atoms with Crippen molar-refractivity contribution in [3.8, 4) is 0 Å². The van der Waals surface area contributed by atoms with Crippen LogP contribution < -0.4 is 5.32 Å². The molecule has 0 aliphatic heterocycles. The van der Waals surface area contributed by atoms with Crippen LogP contribution in [0.15, 0.2) is 30.3 Å². The Balaban J connectivity index is 1.82. The van der Waals surface area contributed by atoms with Crippen LogP contribution in [0, 0.1) is 11.3 Å². The number of hydrogen-bond acceptors (Lipinski definition) is 1. The Bertz CT molecular complexity index is 317. The van der Waals surface area contributed by atoms with E-state index in [-0.39, 0.29) is 0 Å². The smallest absolute Gasteiger partial charge is 0.0208 e. The molecular formula is C14H21N. The summed E-state index contributed by atoms with van der Waals surface area (Å²) >= 11 is 0. The van der Waals surface area contributed by atoms with E-state index in [2.05, 4.69) is 56.4 Å². The summed E-state index contributed by atoms with van der Waals surface area (Å²) in [6.45, 7) is 8.04. The zero-order valence-corrected chi connectivity index (χ0v) is 9.96. The van der Waals surface area contributed by atoms with Gasteiger partial charge >= 0.3 is 0 Å². The zero-order chi connectivity index (χ0) is 10.9. The summed E-state index contributed by atoms with van der Waals surface area (Å²) in [6, 6.07) is 11.4. The van der Waals surface area contributed by atoms with Gasteiger partial charge in [0.2, 0.25) is 0 Å². The van der Waals surface area contributed by atoms with Crippen LogP contribution in [0.1, 0.15) is 32.8 Å². The first-order chi connectivity index (χ1) is 7.13. The standard InChI is InChI=1S/C14H21N/c1-11(2)14(3)9-13(14)15-10-12-7-5-4-6-8-12/h4-8,11,13,15H,9-10H2,1-3H3. The molecule has 0 amide bonds. The summed E-state index contributed by atoms with van der Waals surface area (Å²) in [4.78, 5) is 0. The summed E-state index contributed by atoms with van der Waals surface area (Å²) in [5.41, 5.74) is 1.92. The van der Waals surface area contributed by atoms with Gasteiger partial charge in [-0.25, -0.2) is 0 Å². The van der Waals surface area contributed by atoms with Crippen LogP contribution >= 0.6 is 0 Å². The lowest BCUT2D eigenvalue weighted by molar-refractivity contribution is 0.362. The minimum atomic E-state index is 0.536. The van der Waals surface area contributed by atoms with E-state index < -0.39 is 0 Å². The van der Waals surface area contributed by atoms with Crippen LogP contribution in [0.25, 0.3) is 0 Å². The predicted octanol–water partition coefficient (Wildman–Crippen LogP) is 3.21. The average molecular weight is 203 g/mol. The monoisotopic (exact) mass is 203 g/mol. The molecule has 1 aromatic rings. The molecule has 0 heterocycles. The topological polar surface area (TPSA) is 12.0 Å². The molecule has 15 heavy (non-hydrogen) atoms. The van der Waals surface area contributed by atoms with Crippen molar-refractivity contribution in [3.05, 3.63) is 35.9 Å². The highest BCUT2D eigenvalue weighted by Gasteiger charge is 2.51. The largest absolute Gasteiger partial charge is 0.309 e. The van der Waals surface area contributed by atoms with Crippen molar-refractivity contribution in [2.45, 2.75) is 39.8 Å². The Morgan fingerprint density at radius 2 is 2.00 bits per heavy atom. The molecule has 2 rings (SSSR count). The summed E-state index contributed by atoms with van der Waals surface area (Å²) in [5.74, 6) is 0.783. The molecule has 1 aliphatic rings. The second-order valence-electron chi connectivity index (χ2n) is 5.28. The van der Waals surface area contributed by atoms with Crippen molar-refractivity contribution in [2.24, 2.45) is 11.3 Å². The number of nitrogens with one attached hydrogen (secondary N) is 1. The minimum Gasteiger partial charge on any atom is -0.309 e. The van der Waals surface area contributed by atoms with Gasteiger partial charge in [-0.2, -0.15) is 0 Å². The first-order valence-electron chi connectivity index (χ1n) is 5.90. The fourth-order valence-corrected chi connectivity index (χ4v) is 2.16. The molecule has 1 heteroatoms. The van der Waals surface area contributed by atoms with Crippen LogP contribution in [-0.2, 0) is 6.54 Å². The third-order valence-corrected chi connectivity index (χ3v) is 3.99. The lowest BCUT2D eigenvalue weighted by Crippen LogP contribution is -2.23. The number of benzene rings is 1. The molecule has 2 atom stereocenters. The molecule has 0 spiro atoms. The molecule has 0 aromatic heterocycles. The fourth-order valence-electron chi connectivity index (χ4n) is 2.16. The van der Waals surface area contributed by atoms with Crippen LogP contribution in [0.5, 0.6) is 0 Å². The lowest BCUT2D eigenvalue weighted by Gasteiger charge is -2.16. The maximum atomic E-state index is 3.64. The van der Waals surface area contributed by atoms with Gasteiger partial charge in [-0.3, -0.25) is 0 Å². The van der Waals surface area contributed by atoms with Crippen molar-refractivity contribution in [2.75, 3.05) is 0 Å². The molecule has 1 aromatic carbocycles. The van der Waals surface area contributed by atoms with Crippen LogP contribution in [0.2, 0.25) is 0 Å². The third kappa shape index (κ3) is 2.23. The predicted molar refractivity (Wildman–Crippen MR) is 64.6 cm³/mol. The first kappa shape index (κ1) is 10.7. The quantitative estimate of drug-likeness (QED) is 0.792. The van der Waals surface area contributed by atoms with E-state index in [0.29, 0.717) is 5.41 Å². The highest BCUT2D eigenvalue weighted by atomic mass is 15.0. The minimum absolute atomic E-state index is 0.536. The van der Waals surface area contributed by atoms with E-state index >= 15 is 0 Å². The summed E-state index contributed by atoms with van der Waals surface area (Å²) in [5, 5.41) is 3.64. The van der Waals surface area contributed by atoms with Gasteiger partial charge in [0.05, 0.1) is 0 Å². The molecule has 1 fully saturated rings. The molecule has 1 aliphatic carbocycles. The Labute approximate surface area is 92.9 Å². The van der Waals surface area contributed by atoms with E-state index in [0.717, 1.165) is 18.5 Å². The summed E-state index contributed by atoms with van der Waals surface area (Å²) < 4.78 is 0. The van der Waals surface area contributed by atoms with Crippen LogP contribution in [-0.4, -0.2) is 6.04 Å². The van der Waals surface area contributed by atoms with E-state index in [1.165, 1.54) is 12.0 Å². The normalized spacial score (nSPS) is 29.5. The summed E-state index contributed by atoms with van der Waals surface area (Å²) in [7, 11) is 0. The first-order valence-corrected chi connectivity index (χ1v) is 5.90. The Hall–Kier alpha value is -0.820. The maximum Gasteiger partial charge on any atom is 0.0208 e. The maximum absolute atomic E-state index is 3.64. The van der Waals surface area contributed by atoms with Gasteiger partial charge in [0, 0.05) is 12.6 Å². The van der Waals surface area contributed by atoms with Gasteiger partial charge in [0.15, 0.2) is 0 Å². The van der Waals surface area contributed by atoms with Crippen molar-refractivity contribution < 1.29 is 0 Å². The zero-order valence-electron chi connectivity index (χ0n) is 9.96. The van der Waals surface area contributed by atoms with Gasteiger partial charge < -0.3 is 5.32 Å². The molecule has 0 radical (unpaired) electrons. The highest BCUT2D eigenvalue weighted by Crippen LogP contribution is 2.51. The van der Waals surface area contributed by atoms with Gasteiger partial charge in [0.1, 0.15) is 0 Å². The SMILES string of the molecule is CC(C)C1(C)CC1NCc1ccccc1. The molecular weight excluding hydrogens is 182 g/mol. The van der Waals surface area contributed by atoms with E-state index in [1.54, 1.807) is 0 Å². The van der Waals surface area contributed by atoms with E-state index in [1.807, 2.05) is 0 Å². The highest BCUT2D eigenvalue weighted by molar-refractivity contribution is 5.15. The number of hydrogen-bond donors (Lipinski definition) is 1. The van der Waals surface area contributed by atoms with E-state index in [9.17, 15) is 0 Å². The molecule has 82 valence electrons. The Kier molecular flexibility index (Phi) is 2.83. The van der Waals surface area contributed by atoms with Crippen LogP contribution in [0.4, 0.5) is 0 Å². The van der Waals surface area contributed by atoms with Crippen LogP contribution in [0.3, 0.4) is 0 Å². The average Bonchev–Trinajstić information content (AvgIpc) is 2.90. The molecule has 2 unspecified atom stereocenters. The second kappa shape index (κ2) is 3.97. The molecule has 0 bridgehead atoms. The molecule has 1 saturated carbocycles. The Morgan fingerprint density at radius 1 is 1.33 bits per heavy atom. The van der Waals surface area contributed by atoms with Crippen molar-refractivity contribution in [1.82, 2.24) is 5.32 Å². The third-order valence-electron chi connectivity index (χ3n) is 3.99. The van der Waals surface area contributed by atoms with Gasteiger partial charge in [-0.05, 0) is 23.3 Å². The molecule has 1 nitrogen and oxygen atoms in total. The van der Waals surface area contributed by atoms with Crippen molar-refractivity contribution >= 4 is 0 Å². The lowest BCUT2D eigenvalue weighted by atomic mass is 9.94. The van der Waals surface area contributed by atoms with Crippen molar-refractivity contribution in [1.29, 1.82) is 0 Å². The fraction of sp³-hybridized carbons (Fsp3) is 0.571. The Morgan fingerprint density at radius 3 is 2.53 bits per heavy atom. The van der Waals surface area contributed by atoms with Gasteiger partial charge in [-0.15, -0.1) is 0 Å². The van der Waals surface area contributed by atoms with E-state index in [4.69, 9.17) is 0 Å². The van der Waals surface area contributed by atoms with Gasteiger partial charge in [0.25, 0.3) is 0 Å².